The number of rotatable bonds is 6. The van der Waals surface area contributed by atoms with Crippen molar-refractivity contribution in [1.82, 2.24) is 0 Å². The first-order valence-corrected chi connectivity index (χ1v) is 10.0. The van der Waals surface area contributed by atoms with Gasteiger partial charge in [0.2, 0.25) is 6.79 Å². The van der Waals surface area contributed by atoms with E-state index in [1.807, 2.05) is 25.1 Å². The summed E-state index contributed by atoms with van der Waals surface area (Å²) < 4.78 is 15.9. The van der Waals surface area contributed by atoms with E-state index in [0.29, 0.717) is 39.8 Å². The normalized spacial score (nSPS) is 11.9. The fourth-order valence-corrected chi connectivity index (χ4v) is 4.51. The second-order valence-electron chi connectivity index (χ2n) is 6.77. The van der Waals surface area contributed by atoms with Gasteiger partial charge < -0.3 is 25.3 Å². The van der Waals surface area contributed by atoms with Gasteiger partial charge in [-0.2, -0.15) is 0 Å². The van der Waals surface area contributed by atoms with E-state index in [2.05, 4.69) is 5.32 Å². The molecule has 0 saturated heterocycles. The molecule has 1 aliphatic heterocycles. The summed E-state index contributed by atoms with van der Waals surface area (Å²) in [5, 5.41) is 3.27. The molecule has 0 fully saturated rings. The van der Waals surface area contributed by atoms with E-state index in [0.717, 1.165) is 16.0 Å². The Labute approximate surface area is 177 Å². The number of anilines is 1. The Morgan fingerprint density at radius 1 is 1.13 bits per heavy atom. The number of hydrogen-bond donors (Lipinski definition) is 2. The zero-order valence-electron chi connectivity index (χ0n) is 16.5. The third kappa shape index (κ3) is 3.81. The molecule has 1 aliphatic rings. The molecule has 0 atom stereocenters. The quantitative estimate of drug-likeness (QED) is 0.628. The number of ether oxygens (including phenoxy) is 3. The number of carbonyl (C=O) groups is 2. The van der Waals surface area contributed by atoms with Gasteiger partial charge in [-0.15, -0.1) is 11.3 Å². The van der Waals surface area contributed by atoms with Gasteiger partial charge in [-0.1, -0.05) is 6.07 Å². The van der Waals surface area contributed by atoms with Gasteiger partial charge in [0.15, 0.2) is 11.5 Å². The van der Waals surface area contributed by atoms with Crippen LogP contribution in [0.25, 0.3) is 0 Å². The summed E-state index contributed by atoms with van der Waals surface area (Å²) in [4.78, 5) is 25.7. The molecule has 8 heteroatoms. The van der Waals surface area contributed by atoms with Crippen molar-refractivity contribution in [2.75, 3.05) is 19.2 Å². The van der Waals surface area contributed by atoms with Crippen molar-refractivity contribution < 1.29 is 23.8 Å². The summed E-state index contributed by atoms with van der Waals surface area (Å²) >= 11 is 1.34. The maximum Gasteiger partial charge on any atom is 0.256 e. The lowest BCUT2D eigenvalue weighted by molar-refractivity contribution is 0.100. The lowest BCUT2D eigenvalue weighted by Crippen LogP contribution is -2.17. The lowest BCUT2D eigenvalue weighted by atomic mass is 10.1. The van der Waals surface area contributed by atoms with Crippen LogP contribution in [0.15, 0.2) is 42.5 Å². The fourth-order valence-electron chi connectivity index (χ4n) is 3.27. The molecule has 4 rings (SSSR count). The van der Waals surface area contributed by atoms with E-state index in [1.165, 1.54) is 11.3 Å². The van der Waals surface area contributed by atoms with E-state index >= 15 is 0 Å². The van der Waals surface area contributed by atoms with Crippen LogP contribution in [0.2, 0.25) is 0 Å². The molecule has 154 valence electrons. The third-order valence-electron chi connectivity index (χ3n) is 4.87. The van der Waals surface area contributed by atoms with Crippen LogP contribution in [-0.4, -0.2) is 25.7 Å². The highest BCUT2D eigenvalue weighted by Gasteiger charge is 2.22. The topological polar surface area (TPSA) is 99.9 Å². The van der Waals surface area contributed by atoms with Crippen LogP contribution in [0.3, 0.4) is 0 Å². The number of primary amides is 1. The SMILES string of the molecule is COc1ccc(C(=O)Nc2sc(Cc3ccc4c(c3)OCO4)c(C)c2C(N)=O)cc1. The lowest BCUT2D eigenvalue weighted by Gasteiger charge is -2.06. The van der Waals surface area contributed by atoms with Gasteiger partial charge in [-0.05, 0) is 54.4 Å². The van der Waals surface area contributed by atoms with Gasteiger partial charge in [0.25, 0.3) is 11.8 Å². The molecular formula is C22H20N2O5S. The second kappa shape index (κ2) is 8.08. The summed E-state index contributed by atoms with van der Waals surface area (Å²) in [7, 11) is 1.56. The Bertz CT molecular complexity index is 1120. The number of thiophene rings is 1. The number of carbonyl (C=O) groups excluding carboxylic acids is 2. The minimum atomic E-state index is -0.578. The first kappa shape index (κ1) is 19.8. The van der Waals surface area contributed by atoms with Crippen LogP contribution in [0, 0.1) is 6.92 Å². The van der Waals surface area contributed by atoms with E-state index in [1.54, 1.807) is 31.4 Å². The zero-order valence-corrected chi connectivity index (χ0v) is 17.3. The molecule has 0 unspecified atom stereocenters. The molecular weight excluding hydrogens is 404 g/mol. The van der Waals surface area contributed by atoms with Crippen LogP contribution in [0.4, 0.5) is 5.00 Å². The Morgan fingerprint density at radius 3 is 2.57 bits per heavy atom. The Balaban J connectivity index is 1.60. The summed E-state index contributed by atoms with van der Waals surface area (Å²) in [5.74, 6) is 1.17. The van der Waals surface area contributed by atoms with Crippen molar-refractivity contribution in [2.24, 2.45) is 5.73 Å². The van der Waals surface area contributed by atoms with Gasteiger partial charge in [0, 0.05) is 16.9 Å². The van der Waals surface area contributed by atoms with Crippen LogP contribution in [-0.2, 0) is 6.42 Å². The number of fused-ring (bicyclic) bond motifs is 1. The highest BCUT2D eigenvalue weighted by molar-refractivity contribution is 7.17. The first-order chi connectivity index (χ1) is 14.5. The molecule has 2 heterocycles. The predicted molar refractivity (Wildman–Crippen MR) is 114 cm³/mol. The number of nitrogens with two attached hydrogens (primary N) is 1. The second-order valence-corrected chi connectivity index (χ2v) is 7.87. The van der Waals surface area contributed by atoms with Crippen molar-refractivity contribution >= 4 is 28.2 Å². The largest absolute Gasteiger partial charge is 0.497 e. The maximum absolute atomic E-state index is 12.7. The number of hydrogen-bond acceptors (Lipinski definition) is 6. The van der Waals surface area contributed by atoms with Crippen LogP contribution in [0.5, 0.6) is 17.2 Å². The van der Waals surface area contributed by atoms with Crippen LogP contribution < -0.4 is 25.3 Å². The molecule has 0 spiro atoms. The van der Waals surface area contributed by atoms with E-state index in [-0.39, 0.29) is 12.7 Å². The summed E-state index contributed by atoms with van der Waals surface area (Å²) in [6.45, 7) is 2.05. The first-order valence-electron chi connectivity index (χ1n) is 9.22. The van der Waals surface area contributed by atoms with Crippen LogP contribution >= 0.6 is 11.3 Å². The number of amides is 2. The average Bonchev–Trinajstić information content (AvgIpc) is 3.32. The monoisotopic (exact) mass is 424 g/mol. The van der Waals surface area contributed by atoms with Crippen molar-refractivity contribution in [3.05, 3.63) is 69.6 Å². The van der Waals surface area contributed by atoms with Gasteiger partial charge in [-0.25, -0.2) is 0 Å². The molecule has 2 amide bonds. The molecule has 0 bridgehead atoms. The molecule has 2 aromatic carbocycles. The Hall–Kier alpha value is -3.52. The third-order valence-corrected chi connectivity index (χ3v) is 6.08. The standard InChI is InChI=1S/C22H20N2O5S/c1-12-18(10-13-3-8-16-17(9-13)29-11-28-16)30-22(19(12)20(23)25)24-21(26)14-4-6-15(27-2)7-5-14/h3-9H,10-11H2,1-2H3,(H2,23,25)(H,24,26). The predicted octanol–water partition coefficient (Wildman–Crippen LogP) is 3.74. The van der Waals surface area contributed by atoms with Crippen molar-refractivity contribution in [2.45, 2.75) is 13.3 Å². The molecule has 3 aromatic rings. The highest BCUT2D eigenvalue weighted by Crippen LogP contribution is 2.37. The average molecular weight is 424 g/mol. The number of nitrogens with one attached hydrogen (secondary N) is 1. The summed E-state index contributed by atoms with van der Waals surface area (Å²) in [6.07, 6.45) is 0.575. The number of methoxy groups -OCH3 is 1. The van der Waals surface area contributed by atoms with E-state index in [9.17, 15) is 9.59 Å². The van der Waals surface area contributed by atoms with E-state index in [4.69, 9.17) is 19.9 Å². The molecule has 30 heavy (non-hydrogen) atoms. The highest BCUT2D eigenvalue weighted by atomic mass is 32.1. The summed E-state index contributed by atoms with van der Waals surface area (Å²) in [6, 6.07) is 12.5. The molecule has 0 saturated carbocycles. The Morgan fingerprint density at radius 2 is 1.87 bits per heavy atom. The fraction of sp³-hybridized carbons (Fsp3) is 0.182. The van der Waals surface area contributed by atoms with Gasteiger partial charge in [0.05, 0.1) is 12.7 Å². The van der Waals surface area contributed by atoms with E-state index < -0.39 is 5.91 Å². The molecule has 3 N–H and O–H groups in total. The molecule has 0 aliphatic carbocycles. The molecule has 7 nitrogen and oxygen atoms in total. The van der Waals surface area contributed by atoms with Gasteiger partial charge >= 0.3 is 0 Å². The van der Waals surface area contributed by atoms with Crippen LogP contribution in [0.1, 0.15) is 36.7 Å². The van der Waals surface area contributed by atoms with Crippen molar-refractivity contribution in [1.29, 1.82) is 0 Å². The van der Waals surface area contributed by atoms with Crippen molar-refractivity contribution in [3.8, 4) is 17.2 Å². The maximum atomic E-state index is 12.7. The van der Waals surface area contributed by atoms with Crippen molar-refractivity contribution in [3.63, 3.8) is 0 Å². The number of benzene rings is 2. The smallest absolute Gasteiger partial charge is 0.256 e. The molecule has 0 radical (unpaired) electrons. The zero-order chi connectivity index (χ0) is 21.3. The minimum absolute atomic E-state index is 0.212. The molecule has 1 aromatic heterocycles. The Kier molecular flexibility index (Phi) is 5.33. The minimum Gasteiger partial charge on any atom is -0.497 e. The van der Waals surface area contributed by atoms with Gasteiger partial charge in [-0.3, -0.25) is 9.59 Å². The van der Waals surface area contributed by atoms with Gasteiger partial charge in [0.1, 0.15) is 10.8 Å². The summed E-state index contributed by atoms with van der Waals surface area (Å²) in [5.41, 5.74) is 8.16.